The van der Waals surface area contributed by atoms with E-state index in [1.165, 1.54) is 12.8 Å². The fourth-order valence-electron chi connectivity index (χ4n) is 3.55. The minimum atomic E-state index is 0.924. The second-order valence-electron chi connectivity index (χ2n) is 7.03. The van der Waals surface area contributed by atoms with Crippen LogP contribution in [0.4, 0.5) is 23.3 Å². The van der Waals surface area contributed by atoms with Gasteiger partial charge < -0.3 is 19.6 Å². The van der Waals surface area contributed by atoms with Crippen LogP contribution in [0.15, 0.2) is 24.8 Å². The molecule has 0 N–H and O–H groups in total. The predicted molar refractivity (Wildman–Crippen MR) is 104 cm³/mol. The van der Waals surface area contributed by atoms with Crippen LogP contribution in [0.2, 0.25) is 0 Å². The molecule has 0 unspecified atom stereocenters. The molecular weight excluding hydrogens is 328 g/mol. The van der Waals surface area contributed by atoms with Crippen molar-refractivity contribution in [3.8, 4) is 0 Å². The van der Waals surface area contributed by atoms with Crippen molar-refractivity contribution in [2.75, 3.05) is 73.0 Å². The maximum atomic E-state index is 4.51. The van der Waals surface area contributed by atoms with Crippen LogP contribution < -0.4 is 19.6 Å². The minimum absolute atomic E-state index is 0.924. The number of aromatic nitrogens is 4. The van der Waals surface area contributed by atoms with Crippen LogP contribution in [0.25, 0.3) is 0 Å². The molecule has 4 heterocycles. The average Bonchev–Trinajstić information content (AvgIpc) is 3.23. The molecule has 2 aromatic rings. The van der Waals surface area contributed by atoms with Crippen LogP contribution in [0.1, 0.15) is 12.8 Å². The molecule has 8 nitrogen and oxygen atoms in total. The number of anilines is 4. The molecule has 4 rings (SSSR count). The van der Waals surface area contributed by atoms with Crippen molar-refractivity contribution in [2.24, 2.45) is 0 Å². The normalized spacial score (nSPS) is 17.7. The fourth-order valence-corrected chi connectivity index (χ4v) is 3.55. The van der Waals surface area contributed by atoms with Gasteiger partial charge in [-0.1, -0.05) is 0 Å². The molecule has 0 bridgehead atoms. The summed E-state index contributed by atoms with van der Waals surface area (Å²) in [6, 6.07) is 4.18. The molecule has 26 heavy (non-hydrogen) atoms. The summed E-state index contributed by atoms with van der Waals surface area (Å²) in [6.07, 6.45) is 5.85. The molecule has 2 aliphatic heterocycles. The van der Waals surface area contributed by atoms with Gasteiger partial charge in [0, 0.05) is 65.5 Å². The van der Waals surface area contributed by atoms with E-state index in [0.29, 0.717) is 0 Å². The third-order valence-electron chi connectivity index (χ3n) is 5.09. The lowest BCUT2D eigenvalue weighted by atomic mass is 10.3. The van der Waals surface area contributed by atoms with E-state index in [-0.39, 0.29) is 0 Å². The highest BCUT2D eigenvalue weighted by atomic mass is 15.3. The molecule has 2 saturated heterocycles. The summed E-state index contributed by atoms with van der Waals surface area (Å²) in [5, 5.41) is 0. The van der Waals surface area contributed by atoms with Crippen LogP contribution >= 0.6 is 0 Å². The quantitative estimate of drug-likeness (QED) is 0.813. The van der Waals surface area contributed by atoms with Gasteiger partial charge in [0.25, 0.3) is 0 Å². The standard InChI is InChI=1S/C18H26N8/c1-23(2)15-11-16(20-13-19-15)25-7-9-26(10-8-25)18-12-17(21-14-22-18)24-5-3-4-6-24/h11-14H,3-10H2,1-2H3. The summed E-state index contributed by atoms with van der Waals surface area (Å²) in [5.74, 6) is 4.01. The SMILES string of the molecule is CN(C)c1cc(N2CCN(c3cc(N4CCCC4)ncn3)CC2)ncn1. The van der Waals surface area contributed by atoms with Gasteiger partial charge in [0.2, 0.25) is 0 Å². The summed E-state index contributed by atoms with van der Waals surface area (Å²) in [7, 11) is 3.99. The number of hydrogen-bond acceptors (Lipinski definition) is 8. The van der Waals surface area contributed by atoms with E-state index in [1.54, 1.807) is 12.7 Å². The van der Waals surface area contributed by atoms with Crippen molar-refractivity contribution >= 4 is 23.3 Å². The van der Waals surface area contributed by atoms with E-state index in [1.807, 2.05) is 25.1 Å². The molecule has 0 amide bonds. The highest BCUT2D eigenvalue weighted by molar-refractivity contribution is 5.53. The van der Waals surface area contributed by atoms with Crippen LogP contribution in [-0.2, 0) is 0 Å². The maximum Gasteiger partial charge on any atom is 0.134 e. The predicted octanol–water partition coefficient (Wildman–Crippen LogP) is 1.26. The van der Waals surface area contributed by atoms with Gasteiger partial charge in [-0.2, -0.15) is 0 Å². The summed E-state index contributed by atoms with van der Waals surface area (Å²) in [5.41, 5.74) is 0. The summed E-state index contributed by atoms with van der Waals surface area (Å²) >= 11 is 0. The molecule has 0 spiro atoms. The lowest BCUT2D eigenvalue weighted by molar-refractivity contribution is 0.640. The van der Waals surface area contributed by atoms with Crippen molar-refractivity contribution < 1.29 is 0 Å². The zero-order chi connectivity index (χ0) is 17.9. The Morgan fingerprint density at radius 1 is 0.654 bits per heavy atom. The summed E-state index contributed by atoms with van der Waals surface area (Å²) in [4.78, 5) is 26.7. The first-order valence-electron chi connectivity index (χ1n) is 9.27. The average molecular weight is 354 g/mol. The van der Waals surface area contributed by atoms with Gasteiger partial charge in [-0.15, -0.1) is 0 Å². The van der Waals surface area contributed by atoms with Crippen molar-refractivity contribution in [1.82, 2.24) is 19.9 Å². The van der Waals surface area contributed by atoms with Crippen LogP contribution in [-0.4, -0.2) is 73.3 Å². The molecule has 0 radical (unpaired) electrons. The Morgan fingerprint density at radius 2 is 1.12 bits per heavy atom. The molecule has 2 aliphatic rings. The Bertz CT molecular complexity index is 735. The highest BCUT2D eigenvalue weighted by Gasteiger charge is 2.21. The van der Waals surface area contributed by atoms with E-state index < -0.39 is 0 Å². The van der Waals surface area contributed by atoms with Gasteiger partial charge >= 0.3 is 0 Å². The van der Waals surface area contributed by atoms with Gasteiger partial charge in [0.1, 0.15) is 35.9 Å². The van der Waals surface area contributed by atoms with Crippen LogP contribution in [0.3, 0.4) is 0 Å². The van der Waals surface area contributed by atoms with Crippen LogP contribution in [0.5, 0.6) is 0 Å². The first-order chi connectivity index (χ1) is 12.7. The van der Waals surface area contributed by atoms with Gasteiger partial charge in [-0.25, -0.2) is 19.9 Å². The molecule has 8 heteroatoms. The van der Waals surface area contributed by atoms with E-state index in [2.05, 4.69) is 40.7 Å². The van der Waals surface area contributed by atoms with Gasteiger partial charge in [0.05, 0.1) is 0 Å². The van der Waals surface area contributed by atoms with Crippen LogP contribution in [0, 0.1) is 0 Å². The third kappa shape index (κ3) is 3.49. The topological polar surface area (TPSA) is 64.5 Å². The molecule has 0 aromatic carbocycles. The second kappa shape index (κ2) is 7.31. The Balaban J connectivity index is 1.42. The Kier molecular flexibility index (Phi) is 4.73. The van der Waals surface area contributed by atoms with Crippen molar-refractivity contribution in [3.05, 3.63) is 24.8 Å². The van der Waals surface area contributed by atoms with Crippen molar-refractivity contribution in [2.45, 2.75) is 12.8 Å². The Morgan fingerprint density at radius 3 is 1.65 bits per heavy atom. The Hall–Kier alpha value is -2.64. The summed E-state index contributed by atoms with van der Waals surface area (Å²) in [6.45, 7) is 5.91. The van der Waals surface area contributed by atoms with Crippen molar-refractivity contribution in [3.63, 3.8) is 0 Å². The number of nitrogens with zero attached hydrogens (tertiary/aromatic N) is 8. The highest BCUT2D eigenvalue weighted by Crippen LogP contribution is 2.23. The van der Waals surface area contributed by atoms with Crippen molar-refractivity contribution in [1.29, 1.82) is 0 Å². The van der Waals surface area contributed by atoms with Gasteiger partial charge in [-0.05, 0) is 12.8 Å². The molecule has 0 atom stereocenters. The zero-order valence-electron chi connectivity index (χ0n) is 15.5. The fraction of sp³-hybridized carbons (Fsp3) is 0.556. The largest absolute Gasteiger partial charge is 0.363 e. The zero-order valence-corrected chi connectivity index (χ0v) is 15.5. The number of piperazine rings is 1. The Labute approximate surface area is 154 Å². The lowest BCUT2D eigenvalue weighted by Crippen LogP contribution is -2.47. The van der Waals surface area contributed by atoms with E-state index in [9.17, 15) is 0 Å². The maximum absolute atomic E-state index is 4.51. The van der Waals surface area contributed by atoms with Gasteiger partial charge in [-0.3, -0.25) is 0 Å². The molecule has 2 fully saturated rings. The monoisotopic (exact) mass is 354 g/mol. The first kappa shape index (κ1) is 16.8. The van der Waals surface area contributed by atoms with E-state index in [4.69, 9.17) is 0 Å². The third-order valence-corrected chi connectivity index (χ3v) is 5.09. The second-order valence-corrected chi connectivity index (χ2v) is 7.03. The summed E-state index contributed by atoms with van der Waals surface area (Å²) < 4.78 is 0. The lowest BCUT2D eigenvalue weighted by Gasteiger charge is -2.36. The smallest absolute Gasteiger partial charge is 0.134 e. The molecule has 138 valence electrons. The number of hydrogen-bond donors (Lipinski definition) is 0. The number of rotatable bonds is 4. The minimum Gasteiger partial charge on any atom is -0.363 e. The molecule has 0 aliphatic carbocycles. The molecule has 2 aromatic heterocycles. The van der Waals surface area contributed by atoms with E-state index >= 15 is 0 Å². The molecular formula is C18H26N8. The van der Waals surface area contributed by atoms with E-state index in [0.717, 1.165) is 62.5 Å². The van der Waals surface area contributed by atoms with Gasteiger partial charge in [0.15, 0.2) is 0 Å². The first-order valence-corrected chi connectivity index (χ1v) is 9.27. The molecule has 0 saturated carbocycles.